The first kappa shape index (κ1) is 17.8. The number of rotatable bonds is 7. The summed E-state index contributed by atoms with van der Waals surface area (Å²) in [5.74, 6) is 0.896. The van der Waals surface area contributed by atoms with Gasteiger partial charge in [-0.15, -0.1) is 0 Å². The predicted octanol–water partition coefficient (Wildman–Crippen LogP) is 3.64. The maximum Gasteiger partial charge on any atom is 0.407 e. The first-order valence-electron chi connectivity index (χ1n) is 8.68. The fourth-order valence-corrected chi connectivity index (χ4v) is 2.56. The lowest BCUT2D eigenvalue weighted by atomic mass is 9.85. The molecule has 0 aliphatic heterocycles. The molecule has 2 rings (SSSR count). The highest BCUT2D eigenvalue weighted by atomic mass is 16.6. The van der Waals surface area contributed by atoms with E-state index in [1.165, 1.54) is 30.4 Å². The summed E-state index contributed by atoms with van der Waals surface area (Å²) in [6.07, 6.45) is 4.63. The van der Waals surface area contributed by atoms with Crippen molar-refractivity contribution in [3.05, 3.63) is 35.4 Å². The quantitative estimate of drug-likeness (QED) is 0.807. The van der Waals surface area contributed by atoms with Gasteiger partial charge in [0.2, 0.25) is 0 Å². The largest absolute Gasteiger partial charge is 0.444 e. The minimum atomic E-state index is -0.446. The third-order valence-electron chi connectivity index (χ3n) is 4.09. The van der Waals surface area contributed by atoms with E-state index in [9.17, 15) is 4.79 Å². The molecule has 1 fully saturated rings. The molecule has 0 bridgehead atoms. The van der Waals surface area contributed by atoms with Crippen LogP contribution in [0.3, 0.4) is 0 Å². The Bertz CT molecular complexity index is 487. The van der Waals surface area contributed by atoms with Gasteiger partial charge in [0, 0.05) is 13.1 Å². The molecular formula is C19H30N2O2. The summed E-state index contributed by atoms with van der Waals surface area (Å²) in [7, 11) is 0. The molecule has 0 spiro atoms. The molecule has 1 amide bonds. The van der Waals surface area contributed by atoms with E-state index >= 15 is 0 Å². The molecular weight excluding hydrogens is 288 g/mol. The Balaban J connectivity index is 1.63. The van der Waals surface area contributed by atoms with Crippen LogP contribution in [-0.2, 0) is 17.7 Å². The van der Waals surface area contributed by atoms with Gasteiger partial charge < -0.3 is 15.4 Å². The second-order valence-corrected chi connectivity index (χ2v) is 7.42. The molecule has 0 aromatic heterocycles. The number of nitrogens with one attached hydrogen (secondary N) is 2. The van der Waals surface area contributed by atoms with Crippen LogP contribution in [0.2, 0.25) is 0 Å². The fourth-order valence-electron chi connectivity index (χ4n) is 2.56. The normalized spacial score (nSPS) is 15.1. The molecule has 1 aromatic rings. The smallest absolute Gasteiger partial charge is 0.407 e. The highest BCUT2D eigenvalue weighted by Crippen LogP contribution is 2.25. The predicted molar refractivity (Wildman–Crippen MR) is 93.4 cm³/mol. The molecule has 1 aromatic carbocycles. The highest BCUT2D eigenvalue weighted by Gasteiger charge is 2.16. The maximum absolute atomic E-state index is 11.6. The second-order valence-electron chi connectivity index (χ2n) is 7.42. The molecule has 1 aliphatic rings. The Kier molecular flexibility index (Phi) is 6.46. The monoisotopic (exact) mass is 318 g/mol. The van der Waals surface area contributed by atoms with Crippen molar-refractivity contribution in [1.82, 2.24) is 10.6 Å². The average Bonchev–Trinajstić information content (AvgIpc) is 2.41. The van der Waals surface area contributed by atoms with Gasteiger partial charge in [-0.1, -0.05) is 30.7 Å². The van der Waals surface area contributed by atoms with E-state index in [-0.39, 0.29) is 6.09 Å². The molecule has 1 aliphatic carbocycles. The lowest BCUT2D eigenvalue weighted by molar-refractivity contribution is 0.0528. The number of alkyl carbamates (subject to hydrolysis) is 1. The number of benzene rings is 1. The number of amides is 1. The number of hydrogen-bond acceptors (Lipinski definition) is 3. The van der Waals surface area contributed by atoms with E-state index in [2.05, 4.69) is 34.9 Å². The van der Waals surface area contributed by atoms with Crippen LogP contribution in [0, 0.1) is 5.92 Å². The van der Waals surface area contributed by atoms with Crippen LogP contribution in [0.4, 0.5) is 4.79 Å². The van der Waals surface area contributed by atoms with Crippen LogP contribution >= 0.6 is 0 Å². The molecule has 0 unspecified atom stereocenters. The van der Waals surface area contributed by atoms with Crippen molar-refractivity contribution in [2.24, 2.45) is 5.92 Å². The molecule has 4 heteroatoms. The van der Waals surface area contributed by atoms with E-state index in [1.807, 2.05) is 20.8 Å². The van der Waals surface area contributed by atoms with Crippen molar-refractivity contribution in [2.45, 2.75) is 58.6 Å². The van der Waals surface area contributed by atoms with E-state index < -0.39 is 5.60 Å². The molecule has 128 valence electrons. The Hall–Kier alpha value is -1.55. The Labute approximate surface area is 140 Å². The molecule has 0 saturated heterocycles. The molecule has 4 nitrogen and oxygen atoms in total. The van der Waals surface area contributed by atoms with Crippen molar-refractivity contribution in [3.63, 3.8) is 0 Å². The van der Waals surface area contributed by atoms with Crippen molar-refractivity contribution >= 4 is 6.09 Å². The SMILES string of the molecule is CC(C)(C)OC(=O)NCCc1ccc(CNCC2CCC2)cc1. The summed E-state index contributed by atoms with van der Waals surface area (Å²) >= 11 is 0. The van der Waals surface area contributed by atoms with Crippen LogP contribution in [-0.4, -0.2) is 24.8 Å². The van der Waals surface area contributed by atoms with Gasteiger partial charge >= 0.3 is 6.09 Å². The molecule has 0 heterocycles. The van der Waals surface area contributed by atoms with Gasteiger partial charge in [-0.05, 0) is 63.6 Å². The van der Waals surface area contributed by atoms with Crippen molar-refractivity contribution in [3.8, 4) is 0 Å². The molecule has 0 atom stereocenters. The minimum Gasteiger partial charge on any atom is -0.444 e. The topological polar surface area (TPSA) is 50.4 Å². The zero-order chi connectivity index (χ0) is 16.7. The van der Waals surface area contributed by atoms with Crippen LogP contribution in [0.5, 0.6) is 0 Å². The zero-order valence-electron chi connectivity index (χ0n) is 14.7. The summed E-state index contributed by atoms with van der Waals surface area (Å²) in [5.41, 5.74) is 2.09. The molecule has 0 radical (unpaired) electrons. The molecule has 23 heavy (non-hydrogen) atoms. The van der Waals surface area contributed by atoms with Crippen molar-refractivity contribution < 1.29 is 9.53 Å². The van der Waals surface area contributed by atoms with Gasteiger partial charge in [0.25, 0.3) is 0 Å². The van der Waals surface area contributed by atoms with Gasteiger partial charge in [-0.3, -0.25) is 0 Å². The van der Waals surface area contributed by atoms with Gasteiger partial charge in [0.15, 0.2) is 0 Å². The van der Waals surface area contributed by atoms with Crippen molar-refractivity contribution in [1.29, 1.82) is 0 Å². The third-order valence-corrected chi connectivity index (χ3v) is 4.09. The number of ether oxygens (including phenoxy) is 1. The van der Waals surface area contributed by atoms with E-state index in [0.717, 1.165) is 25.4 Å². The number of carbonyl (C=O) groups is 1. The highest BCUT2D eigenvalue weighted by molar-refractivity contribution is 5.67. The van der Waals surface area contributed by atoms with Crippen LogP contribution in [0.1, 0.15) is 51.2 Å². The Morgan fingerprint density at radius 2 is 1.83 bits per heavy atom. The standard InChI is InChI=1S/C19H30N2O2/c1-19(2,3)23-18(22)21-12-11-15-7-9-17(10-8-15)14-20-13-16-5-4-6-16/h7-10,16,20H,4-6,11-14H2,1-3H3,(H,21,22). The van der Waals surface area contributed by atoms with E-state index in [0.29, 0.717) is 6.54 Å². The van der Waals surface area contributed by atoms with E-state index in [4.69, 9.17) is 4.74 Å². The van der Waals surface area contributed by atoms with Gasteiger partial charge in [0.1, 0.15) is 5.60 Å². The third kappa shape index (κ3) is 7.04. The first-order valence-corrected chi connectivity index (χ1v) is 8.68. The maximum atomic E-state index is 11.6. The van der Waals surface area contributed by atoms with Crippen LogP contribution in [0.25, 0.3) is 0 Å². The fraction of sp³-hybridized carbons (Fsp3) is 0.632. The Morgan fingerprint density at radius 1 is 1.17 bits per heavy atom. The summed E-state index contributed by atoms with van der Waals surface area (Å²) < 4.78 is 5.21. The second kappa shape index (κ2) is 8.34. The van der Waals surface area contributed by atoms with E-state index in [1.54, 1.807) is 0 Å². The number of hydrogen-bond donors (Lipinski definition) is 2. The van der Waals surface area contributed by atoms with Gasteiger partial charge in [-0.25, -0.2) is 4.79 Å². The van der Waals surface area contributed by atoms with Crippen LogP contribution in [0.15, 0.2) is 24.3 Å². The summed E-state index contributed by atoms with van der Waals surface area (Å²) in [6, 6.07) is 8.60. The summed E-state index contributed by atoms with van der Waals surface area (Å²) in [5, 5.41) is 6.32. The Morgan fingerprint density at radius 3 is 2.39 bits per heavy atom. The summed E-state index contributed by atoms with van der Waals surface area (Å²) in [4.78, 5) is 11.6. The van der Waals surface area contributed by atoms with Crippen molar-refractivity contribution in [2.75, 3.05) is 13.1 Å². The average molecular weight is 318 g/mol. The zero-order valence-corrected chi connectivity index (χ0v) is 14.7. The summed E-state index contributed by atoms with van der Waals surface area (Å²) in [6.45, 7) is 8.27. The van der Waals surface area contributed by atoms with Gasteiger partial charge in [-0.2, -0.15) is 0 Å². The minimum absolute atomic E-state index is 0.352. The molecule has 1 saturated carbocycles. The molecule has 2 N–H and O–H groups in total. The number of carbonyl (C=O) groups excluding carboxylic acids is 1. The lowest BCUT2D eigenvalue weighted by Gasteiger charge is -2.25. The van der Waals surface area contributed by atoms with Crippen LogP contribution < -0.4 is 10.6 Å². The lowest BCUT2D eigenvalue weighted by Crippen LogP contribution is -2.33. The van der Waals surface area contributed by atoms with Gasteiger partial charge in [0.05, 0.1) is 0 Å². The first-order chi connectivity index (χ1) is 10.9.